The summed E-state index contributed by atoms with van der Waals surface area (Å²) in [4.78, 5) is 17.0. The first-order chi connectivity index (χ1) is 13.6. The number of nitro groups is 1. The molecule has 7 nitrogen and oxygen atoms in total. The zero-order chi connectivity index (χ0) is 19.7. The third kappa shape index (κ3) is 3.22. The highest BCUT2D eigenvalue weighted by molar-refractivity contribution is 7.80. The van der Waals surface area contributed by atoms with E-state index in [0.29, 0.717) is 10.9 Å². The van der Waals surface area contributed by atoms with Gasteiger partial charge in [0.15, 0.2) is 5.11 Å². The predicted octanol–water partition coefficient (Wildman–Crippen LogP) is 4.24. The minimum Gasteiger partial charge on any atom is -0.459 e. The summed E-state index contributed by atoms with van der Waals surface area (Å²) >= 11 is 5.51. The fraction of sp³-hybridized carbons (Fsp3) is 0.200. The lowest BCUT2D eigenvalue weighted by molar-refractivity contribution is -0.384. The molecule has 4 rings (SSSR count). The molecule has 0 amide bonds. The van der Waals surface area contributed by atoms with E-state index in [1.54, 1.807) is 18.3 Å². The number of rotatable bonds is 5. The van der Waals surface area contributed by atoms with Crippen molar-refractivity contribution in [1.82, 2.24) is 15.2 Å². The summed E-state index contributed by atoms with van der Waals surface area (Å²) in [6.07, 6.45) is 1.76. The third-order valence-electron chi connectivity index (χ3n) is 4.82. The molecule has 3 aromatic rings. The Morgan fingerprint density at radius 1 is 1.21 bits per heavy atom. The molecule has 2 atom stereocenters. The number of aromatic nitrogens is 1. The van der Waals surface area contributed by atoms with Gasteiger partial charge in [0.25, 0.3) is 5.69 Å². The van der Waals surface area contributed by atoms with Crippen LogP contribution < -0.4 is 5.32 Å². The average Bonchev–Trinajstić information content (AvgIpc) is 3.33. The van der Waals surface area contributed by atoms with Crippen molar-refractivity contribution >= 4 is 23.0 Å². The first kappa shape index (κ1) is 18.1. The van der Waals surface area contributed by atoms with Gasteiger partial charge in [-0.3, -0.25) is 15.1 Å². The second-order valence-corrected chi connectivity index (χ2v) is 6.81. The second kappa shape index (κ2) is 7.40. The number of nitrogens with zero attached hydrogens (tertiary/aromatic N) is 3. The molecule has 0 aliphatic carbocycles. The van der Waals surface area contributed by atoms with Crippen LogP contribution in [0.5, 0.6) is 0 Å². The van der Waals surface area contributed by atoms with Crippen LogP contribution >= 0.6 is 12.2 Å². The van der Waals surface area contributed by atoms with Crippen molar-refractivity contribution in [1.29, 1.82) is 0 Å². The van der Waals surface area contributed by atoms with Crippen molar-refractivity contribution in [3.05, 3.63) is 82.4 Å². The molecule has 0 spiro atoms. The summed E-state index contributed by atoms with van der Waals surface area (Å²) in [6.45, 7) is 2.77. The summed E-state index contributed by atoms with van der Waals surface area (Å²) in [5.74, 6) is 1.41. The number of likely N-dealkylation sites (N-methyl/N-ethyl adjacent to an activating group) is 1. The standard InChI is InChI=1S/C20H18N4O3S/c1-2-23-19(18(22-20(23)28)15-5-3-4-12-21-15)17-11-10-16(27-17)13-6-8-14(9-7-13)24(25)26/h3-12,18-19H,2H2,1H3,(H,22,28)/t18-,19-/m0/s1. The smallest absolute Gasteiger partial charge is 0.269 e. The maximum atomic E-state index is 10.8. The van der Waals surface area contributed by atoms with Gasteiger partial charge in [0.1, 0.15) is 17.6 Å². The molecule has 0 radical (unpaired) electrons. The quantitative estimate of drug-likeness (QED) is 0.393. The van der Waals surface area contributed by atoms with Gasteiger partial charge >= 0.3 is 0 Å². The molecule has 1 aliphatic heterocycles. The molecule has 0 saturated carbocycles. The van der Waals surface area contributed by atoms with E-state index < -0.39 is 4.92 Å². The Morgan fingerprint density at radius 3 is 2.64 bits per heavy atom. The topological polar surface area (TPSA) is 84.4 Å². The van der Waals surface area contributed by atoms with Gasteiger partial charge in [-0.15, -0.1) is 0 Å². The Kier molecular flexibility index (Phi) is 4.79. The van der Waals surface area contributed by atoms with E-state index in [-0.39, 0.29) is 17.8 Å². The van der Waals surface area contributed by atoms with Crippen molar-refractivity contribution in [3.63, 3.8) is 0 Å². The molecular weight excluding hydrogens is 376 g/mol. The molecule has 1 saturated heterocycles. The summed E-state index contributed by atoms with van der Waals surface area (Å²) in [5, 5.41) is 14.9. The fourth-order valence-corrected chi connectivity index (χ4v) is 3.84. The summed E-state index contributed by atoms with van der Waals surface area (Å²) < 4.78 is 6.15. The van der Waals surface area contributed by atoms with Gasteiger partial charge in [-0.2, -0.15) is 0 Å². The zero-order valence-electron chi connectivity index (χ0n) is 15.1. The summed E-state index contributed by atoms with van der Waals surface area (Å²) in [7, 11) is 0. The second-order valence-electron chi connectivity index (χ2n) is 6.42. The van der Waals surface area contributed by atoms with Crippen molar-refractivity contribution in [3.8, 4) is 11.3 Å². The van der Waals surface area contributed by atoms with Gasteiger partial charge < -0.3 is 14.6 Å². The molecule has 142 valence electrons. The van der Waals surface area contributed by atoms with Crippen LogP contribution in [0.3, 0.4) is 0 Å². The Bertz CT molecular complexity index is 1000. The van der Waals surface area contributed by atoms with E-state index in [1.807, 2.05) is 37.3 Å². The minimum atomic E-state index is -0.418. The van der Waals surface area contributed by atoms with Crippen molar-refractivity contribution in [2.75, 3.05) is 6.54 Å². The van der Waals surface area contributed by atoms with Crippen molar-refractivity contribution < 1.29 is 9.34 Å². The summed E-state index contributed by atoms with van der Waals surface area (Å²) in [6, 6.07) is 15.7. The predicted molar refractivity (Wildman–Crippen MR) is 109 cm³/mol. The molecule has 0 unspecified atom stereocenters. The maximum absolute atomic E-state index is 10.8. The van der Waals surface area contributed by atoms with E-state index >= 15 is 0 Å². The highest BCUT2D eigenvalue weighted by atomic mass is 32.1. The zero-order valence-corrected chi connectivity index (χ0v) is 15.9. The number of furan rings is 1. The van der Waals surface area contributed by atoms with Crippen molar-refractivity contribution in [2.24, 2.45) is 0 Å². The molecule has 1 aliphatic rings. The van der Waals surface area contributed by atoms with E-state index in [9.17, 15) is 10.1 Å². The van der Waals surface area contributed by atoms with Crippen LogP contribution in [-0.4, -0.2) is 26.5 Å². The number of pyridine rings is 1. The summed E-state index contributed by atoms with van der Waals surface area (Å²) in [5.41, 5.74) is 1.72. The van der Waals surface area contributed by atoms with Crippen LogP contribution in [-0.2, 0) is 0 Å². The van der Waals surface area contributed by atoms with Gasteiger partial charge in [-0.1, -0.05) is 6.07 Å². The Labute approximate surface area is 167 Å². The van der Waals surface area contributed by atoms with Gasteiger partial charge in [0, 0.05) is 30.4 Å². The lowest BCUT2D eigenvalue weighted by Crippen LogP contribution is -2.29. The molecule has 28 heavy (non-hydrogen) atoms. The van der Waals surface area contributed by atoms with Crippen LogP contribution in [0.25, 0.3) is 11.3 Å². The van der Waals surface area contributed by atoms with Crippen LogP contribution in [0.15, 0.2) is 65.2 Å². The molecular formula is C20H18N4O3S. The highest BCUT2D eigenvalue weighted by Crippen LogP contribution is 2.40. The van der Waals surface area contributed by atoms with E-state index in [1.165, 1.54) is 12.1 Å². The Balaban J connectivity index is 1.68. The first-order valence-electron chi connectivity index (χ1n) is 8.91. The van der Waals surface area contributed by atoms with Gasteiger partial charge in [-0.05, 0) is 55.5 Å². The Morgan fingerprint density at radius 2 is 2.00 bits per heavy atom. The molecule has 8 heteroatoms. The molecule has 1 aromatic carbocycles. The van der Waals surface area contributed by atoms with Crippen LogP contribution in [0, 0.1) is 10.1 Å². The molecule has 2 aromatic heterocycles. The number of nitro benzene ring substituents is 1. The van der Waals surface area contributed by atoms with Gasteiger partial charge in [-0.25, -0.2) is 0 Å². The largest absolute Gasteiger partial charge is 0.459 e. The third-order valence-corrected chi connectivity index (χ3v) is 5.17. The average molecular weight is 394 g/mol. The SMILES string of the molecule is CCN1C(=S)N[C@@H](c2ccccn2)[C@@H]1c1ccc(-c2ccc([N+](=O)[O-])cc2)o1. The fourth-order valence-electron chi connectivity index (χ4n) is 3.47. The highest BCUT2D eigenvalue weighted by Gasteiger charge is 2.40. The molecule has 1 N–H and O–H groups in total. The number of benzene rings is 1. The maximum Gasteiger partial charge on any atom is 0.269 e. The number of nitrogens with one attached hydrogen (secondary N) is 1. The lowest BCUT2D eigenvalue weighted by atomic mass is 10.0. The van der Waals surface area contributed by atoms with Crippen LogP contribution in [0.2, 0.25) is 0 Å². The number of non-ortho nitro benzene ring substituents is 1. The Hall–Kier alpha value is -3.26. The number of hydrogen-bond acceptors (Lipinski definition) is 5. The lowest BCUT2D eigenvalue weighted by Gasteiger charge is -2.24. The minimum absolute atomic E-state index is 0.0493. The van der Waals surface area contributed by atoms with Gasteiger partial charge in [0.2, 0.25) is 0 Å². The van der Waals surface area contributed by atoms with Crippen LogP contribution in [0.1, 0.15) is 30.5 Å². The monoisotopic (exact) mass is 394 g/mol. The van der Waals surface area contributed by atoms with Crippen LogP contribution in [0.4, 0.5) is 5.69 Å². The number of hydrogen-bond donors (Lipinski definition) is 1. The molecule has 3 heterocycles. The molecule has 1 fully saturated rings. The first-order valence-corrected chi connectivity index (χ1v) is 9.32. The van der Waals surface area contributed by atoms with Crippen molar-refractivity contribution in [2.45, 2.75) is 19.0 Å². The van der Waals surface area contributed by atoms with E-state index in [2.05, 4.69) is 15.2 Å². The van der Waals surface area contributed by atoms with E-state index in [4.69, 9.17) is 16.6 Å². The van der Waals surface area contributed by atoms with E-state index in [0.717, 1.165) is 23.6 Å². The normalized spacial score (nSPS) is 18.9. The number of thiocarbonyl (C=S) groups is 1. The van der Waals surface area contributed by atoms with Gasteiger partial charge in [0.05, 0.1) is 16.7 Å². The molecule has 0 bridgehead atoms.